The number of rotatable bonds is 19. The molecule has 0 bridgehead atoms. The Labute approximate surface area is 293 Å². The highest BCUT2D eigenvalue weighted by Gasteiger charge is 2.21. The maximum Gasteiger partial charge on any atom is 0.407 e. The van der Waals surface area contributed by atoms with Gasteiger partial charge in [-0.2, -0.15) is 0 Å². The minimum atomic E-state index is -0.420. The van der Waals surface area contributed by atoms with Gasteiger partial charge in [-0.05, 0) is 68.5 Å². The van der Waals surface area contributed by atoms with Crippen LogP contribution >= 0.6 is 22.7 Å². The number of aromatic nitrogens is 2. The highest BCUT2D eigenvalue weighted by Crippen LogP contribution is 2.24. The van der Waals surface area contributed by atoms with E-state index in [-0.39, 0.29) is 24.7 Å². The monoisotopic (exact) mass is 690 g/mol. The summed E-state index contributed by atoms with van der Waals surface area (Å²) in [6, 6.07) is 20.5. The van der Waals surface area contributed by atoms with Crippen LogP contribution in [0.1, 0.15) is 78.6 Å². The molecule has 0 spiro atoms. The second-order valence-corrected chi connectivity index (χ2v) is 14.6. The smallest absolute Gasteiger partial charge is 0.407 e. The fourth-order valence-corrected chi connectivity index (χ4v) is 7.03. The first-order valence-electron chi connectivity index (χ1n) is 16.8. The number of hydrogen-bond acceptors (Lipinski definition) is 8. The Kier molecular flexibility index (Phi) is 15.3. The van der Waals surface area contributed by atoms with E-state index in [9.17, 15) is 9.59 Å². The number of alkyl carbamates (subject to hydrolysis) is 1. The van der Waals surface area contributed by atoms with Crippen molar-refractivity contribution in [1.82, 2.24) is 25.5 Å². The molecule has 4 rings (SSSR count). The zero-order valence-corrected chi connectivity index (χ0v) is 30.0. The molecule has 0 aliphatic heterocycles. The van der Waals surface area contributed by atoms with E-state index in [0.29, 0.717) is 37.8 Å². The molecule has 3 amide bonds. The minimum Gasteiger partial charge on any atom is -0.444 e. The molecule has 48 heavy (non-hydrogen) atoms. The average Bonchev–Trinajstić information content (AvgIpc) is 3.79. The van der Waals surface area contributed by atoms with E-state index < -0.39 is 6.09 Å². The Bertz CT molecular complexity index is 1480. The molecular weight excluding hydrogens is 641 g/mol. The van der Waals surface area contributed by atoms with E-state index in [0.717, 1.165) is 53.2 Å². The fourth-order valence-electron chi connectivity index (χ4n) is 5.70. The van der Waals surface area contributed by atoms with Crippen molar-refractivity contribution in [2.45, 2.75) is 89.9 Å². The number of nitrogens with zero attached hydrogens (tertiary/aromatic N) is 3. The highest BCUT2D eigenvalue weighted by molar-refractivity contribution is 7.09. The van der Waals surface area contributed by atoms with Gasteiger partial charge in [0.15, 0.2) is 0 Å². The van der Waals surface area contributed by atoms with Crippen LogP contribution in [-0.2, 0) is 30.7 Å². The number of nitrogens with two attached hydrogens (primary N) is 1. The summed E-state index contributed by atoms with van der Waals surface area (Å²) in [5.41, 5.74) is 11.1. The van der Waals surface area contributed by atoms with E-state index in [1.807, 2.05) is 36.7 Å². The third-order valence-corrected chi connectivity index (χ3v) is 10.3. The molecule has 2 aromatic carbocycles. The van der Waals surface area contributed by atoms with Crippen LogP contribution in [-0.4, -0.2) is 52.7 Å². The maximum absolute atomic E-state index is 13.2. The van der Waals surface area contributed by atoms with Crippen LogP contribution < -0.4 is 16.4 Å². The van der Waals surface area contributed by atoms with Gasteiger partial charge < -0.3 is 26.0 Å². The lowest BCUT2D eigenvalue weighted by atomic mass is 9.86. The number of carbonyl (C=O) groups excluding carboxylic acids is 2. The van der Waals surface area contributed by atoms with Crippen molar-refractivity contribution in [2.75, 3.05) is 13.6 Å². The Morgan fingerprint density at radius 1 is 0.875 bits per heavy atom. The van der Waals surface area contributed by atoms with Crippen molar-refractivity contribution in [3.63, 3.8) is 0 Å². The standard InChI is InChI=1S/C37H50N6O3S2/c1-27(2)35-40-33(25-47-35)23-43(3)36(44)41-31(18-19-38)16-14-30(20-28-10-6-4-7-11-28)15-17-32(21-29-12-8-5-9-13-29)42-37(45)46-24-34-22-39-26-48-34/h4-13,22,25-27,30-32H,14-21,23-24,38H2,1-3H3,(H,41,44)(H,42,45). The molecular formula is C37H50N6O3S2. The first-order chi connectivity index (χ1) is 23.3. The third-order valence-electron chi connectivity index (χ3n) is 8.34. The number of carbonyl (C=O) groups is 2. The summed E-state index contributed by atoms with van der Waals surface area (Å²) in [5, 5.41) is 9.49. The van der Waals surface area contributed by atoms with E-state index in [1.54, 1.807) is 27.9 Å². The molecule has 0 fully saturated rings. The molecule has 0 saturated carbocycles. The lowest BCUT2D eigenvalue weighted by Gasteiger charge is -2.26. The maximum atomic E-state index is 13.2. The Morgan fingerprint density at radius 2 is 1.54 bits per heavy atom. The van der Waals surface area contributed by atoms with E-state index in [4.69, 9.17) is 10.5 Å². The van der Waals surface area contributed by atoms with Crippen molar-refractivity contribution < 1.29 is 14.3 Å². The van der Waals surface area contributed by atoms with Crippen LogP contribution in [0.4, 0.5) is 9.59 Å². The molecule has 0 radical (unpaired) electrons. The summed E-state index contributed by atoms with van der Waals surface area (Å²) >= 11 is 3.10. The van der Waals surface area contributed by atoms with E-state index >= 15 is 0 Å². The SMILES string of the molecule is CC(C)c1nc(CN(C)C(=O)NC(CCN)CCC(CCC(Cc2ccccc2)NC(=O)OCc2cncs2)Cc2ccccc2)cs1. The van der Waals surface area contributed by atoms with E-state index in [2.05, 4.69) is 70.8 Å². The Hall–Kier alpha value is -3.80. The van der Waals surface area contributed by atoms with Crippen LogP contribution in [0, 0.1) is 5.92 Å². The molecule has 258 valence electrons. The zero-order chi connectivity index (χ0) is 34.1. The molecule has 0 aliphatic carbocycles. The molecule has 0 saturated heterocycles. The molecule has 3 unspecified atom stereocenters. The number of amides is 3. The number of thiazole rings is 2. The number of hydrogen-bond donors (Lipinski definition) is 3. The predicted molar refractivity (Wildman–Crippen MR) is 195 cm³/mol. The van der Waals surface area contributed by atoms with Crippen LogP contribution in [0.25, 0.3) is 0 Å². The quantitative estimate of drug-likeness (QED) is 0.0935. The Balaban J connectivity index is 1.38. The summed E-state index contributed by atoms with van der Waals surface area (Å²) in [6.07, 6.45) is 7.07. The topological polar surface area (TPSA) is 122 Å². The van der Waals surface area contributed by atoms with Crippen LogP contribution in [0.3, 0.4) is 0 Å². The summed E-state index contributed by atoms with van der Waals surface area (Å²) in [6.45, 7) is 5.41. The van der Waals surface area contributed by atoms with Gasteiger partial charge in [0.05, 0.1) is 27.6 Å². The van der Waals surface area contributed by atoms with Crippen molar-refractivity contribution >= 4 is 34.8 Å². The number of nitrogens with one attached hydrogen (secondary N) is 2. The van der Waals surface area contributed by atoms with Crippen LogP contribution in [0.5, 0.6) is 0 Å². The fraction of sp³-hybridized carbons (Fsp3) is 0.459. The predicted octanol–water partition coefficient (Wildman–Crippen LogP) is 7.54. The zero-order valence-electron chi connectivity index (χ0n) is 28.3. The van der Waals surface area contributed by atoms with Gasteiger partial charge in [0, 0.05) is 36.6 Å². The third kappa shape index (κ3) is 13.0. The van der Waals surface area contributed by atoms with Gasteiger partial charge in [0.1, 0.15) is 6.61 Å². The van der Waals surface area contributed by atoms with Gasteiger partial charge in [-0.3, -0.25) is 4.98 Å². The number of benzene rings is 2. The molecule has 4 N–H and O–H groups in total. The molecule has 3 atom stereocenters. The molecule has 9 nitrogen and oxygen atoms in total. The first-order valence-corrected chi connectivity index (χ1v) is 18.6. The number of ether oxygens (including phenoxy) is 1. The normalized spacial score (nSPS) is 13.1. The number of urea groups is 1. The minimum absolute atomic E-state index is 0.0372. The van der Waals surface area contributed by atoms with Gasteiger partial charge in [0.2, 0.25) is 0 Å². The Morgan fingerprint density at radius 3 is 2.15 bits per heavy atom. The van der Waals surface area contributed by atoms with Crippen molar-refractivity contribution in [2.24, 2.45) is 11.7 Å². The lowest BCUT2D eigenvalue weighted by molar-refractivity contribution is 0.135. The van der Waals surface area contributed by atoms with Gasteiger partial charge in [-0.15, -0.1) is 22.7 Å². The average molecular weight is 691 g/mol. The molecule has 11 heteroatoms. The second-order valence-electron chi connectivity index (χ2n) is 12.7. The lowest BCUT2D eigenvalue weighted by Crippen LogP contribution is -2.43. The van der Waals surface area contributed by atoms with Crippen molar-refractivity contribution in [3.05, 3.63) is 104 Å². The van der Waals surface area contributed by atoms with E-state index in [1.165, 1.54) is 16.9 Å². The first kappa shape index (κ1) is 37.0. The summed E-state index contributed by atoms with van der Waals surface area (Å²) in [7, 11) is 1.81. The second kappa shape index (κ2) is 19.9. The van der Waals surface area contributed by atoms with Crippen molar-refractivity contribution in [1.29, 1.82) is 0 Å². The van der Waals surface area contributed by atoms with Crippen molar-refractivity contribution in [3.8, 4) is 0 Å². The molecule has 2 heterocycles. The van der Waals surface area contributed by atoms with Crippen LogP contribution in [0.2, 0.25) is 0 Å². The molecule has 4 aromatic rings. The highest BCUT2D eigenvalue weighted by atomic mass is 32.1. The molecule has 0 aliphatic rings. The molecule has 2 aromatic heterocycles. The summed E-state index contributed by atoms with van der Waals surface area (Å²) in [5.74, 6) is 0.716. The summed E-state index contributed by atoms with van der Waals surface area (Å²) in [4.78, 5) is 37.4. The van der Waals surface area contributed by atoms with Gasteiger partial charge in [0.25, 0.3) is 0 Å². The van der Waals surface area contributed by atoms with Gasteiger partial charge in [-0.1, -0.05) is 74.5 Å². The largest absolute Gasteiger partial charge is 0.444 e. The van der Waals surface area contributed by atoms with Crippen LogP contribution in [0.15, 0.2) is 77.8 Å². The van der Waals surface area contributed by atoms with Gasteiger partial charge in [-0.25, -0.2) is 14.6 Å². The summed E-state index contributed by atoms with van der Waals surface area (Å²) < 4.78 is 5.53. The van der Waals surface area contributed by atoms with Gasteiger partial charge >= 0.3 is 12.1 Å².